The molecule has 0 aromatic carbocycles. The zero-order valence-corrected chi connectivity index (χ0v) is 9.33. The quantitative estimate of drug-likeness (QED) is 0.873. The Morgan fingerprint density at radius 1 is 1.47 bits per heavy atom. The van der Waals surface area contributed by atoms with E-state index in [9.17, 15) is 4.79 Å². The van der Waals surface area contributed by atoms with E-state index in [0.29, 0.717) is 12.4 Å². The number of aromatic nitrogens is 1. The van der Waals surface area contributed by atoms with Crippen molar-refractivity contribution >= 4 is 11.8 Å². The number of carboxylic acid groups (broad SMARTS) is 1. The van der Waals surface area contributed by atoms with E-state index >= 15 is 0 Å². The molecule has 0 bridgehead atoms. The fraction of sp³-hybridized carbons (Fsp3) is 0.167. The van der Waals surface area contributed by atoms with E-state index in [2.05, 4.69) is 4.98 Å². The van der Waals surface area contributed by atoms with Crippen LogP contribution in [0.3, 0.4) is 0 Å². The second-order valence-corrected chi connectivity index (χ2v) is 3.65. The number of furan rings is 1. The highest BCUT2D eigenvalue weighted by atomic mass is 16.4. The minimum atomic E-state index is -0.974. The lowest BCUT2D eigenvalue weighted by atomic mass is 10.3. The molecule has 0 spiro atoms. The van der Waals surface area contributed by atoms with E-state index in [4.69, 9.17) is 9.52 Å². The van der Waals surface area contributed by atoms with Crippen molar-refractivity contribution in [2.24, 2.45) is 0 Å². The Morgan fingerprint density at radius 2 is 2.29 bits per heavy atom. The van der Waals surface area contributed by atoms with Gasteiger partial charge in [-0.2, -0.15) is 0 Å². The van der Waals surface area contributed by atoms with Gasteiger partial charge >= 0.3 is 5.97 Å². The highest BCUT2D eigenvalue weighted by Gasteiger charge is 2.07. The molecule has 0 atom stereocenters. The van der Waals surface area contributed by atoms with Crippen LogP contribution in [0.2, 0.25) is 0 Å². The SMILES string of the molecule is CN(Cc1ccco1)c1ccc(C(=O)O)cn1. The van der Waals surface area contributed by atoms with Crippen molar-refractivity contribution in [3.8, 4) is 0 Å². The maximum atomic E-state index is 10.7. The lowest BCUT2D eigenvalue weighted by Crippen LogP contribution is -2.17. The lowest BCUT2D eigenvalue weighted by Gasteiger charge is -2.16. The molecule has 0 saturated carbocycles. The molecule has 0 unspecified atom stereocenters. The van der Waals surface area contributed by atoms with Crippen molar-refractivity contribution in [1.29, 1.82) is 0 Å². The summed E-state index contributed by atoms with van der Waals surface area (Å²) in [4.78, 5) is 16.6. The van der Waals surface area contributed by atoms with Crippen LogP contribution in [0, 0.1) is 0 Å². The van der Waals surface area contributed by atoms with Gasteiger partial charge in [0.2, 0.25) is 0 Å². The van der Waals surface area contributed by atoms with Crippen molar-refractivity contribution in [2.75, 3.05) is 11.9 Å². The van der Waals surface area contributed by atoms with Crippen molar-refractivity contribution in [3.05, 3.63) is 48.0 Å². The molecule has 0 saturated heterocycles. The minimum Gasteiger partial charge on any atom is -0.478 e. The van der Waals surface area contributed by atoms with Gasteiger partial charge in [-0.05, 0) is 24.3 Å². The first-order chi connectivity index (χ1) is 8.16. The first kappa shape index (κ1) is 11.2. The number of pyridine rings is 1. The summed E-state index contributed by atoms with van der Waals surface area (Å²) in [6.07, 6.45) is 2.96. The van der Waals surface area contributed by atoms with E-state index < -0.39 is 5.97 Å². The molecule has 0 aliphatic heterocycles. The van der Waals surface area contributed by atoms with E-state index in [1.54, 1.807) is 12.3 Å². The van der Waals surface area contributed by atoms with E-state index in [-0.39, 0.29) is 5.56 Å². The molecule has 5 nitrogen and oxygen atoms in total. The number of carbonyl (C=O) groups is 1. The number of anilines is 1. The van der Waals surface area contributed by atoms with Crippen molar-refractivity contribution < 1.29 is 14.3 Å². The highest BCUT2D eigenvalue weighted by molar-refractivity contribution is 5.87. The van der Waals surface area contributed by atoms with Crippen molar-refractivity contribution in [2.45, 2.75) is 6.54 Å². The predicted molar refractivity (Wildman–Crippen MR) is 62.0 cm³/mol. The topological polar surface area (TPSA) is 66.6 Å². The van der Waals surface area contributed by atoms with E-state index in [0.717, 1.165) is 5.76 Å². The fourth-order valence-electron chi connectivity index (χ4n) is 1.46. The zero-order chi connectivity index (χ0) is 12.3. The van der Waals surface area contributed by atoms with Gasteiger partial charge in [-0.15, -0.1) is 0 Å². The van der Waals surface area contributed by atoms with Gasteiger partial charge in [0, 0.05) is 13.2 Å². The maximum absolute atomic E-state index is 10.7. The maximum Gasteiger partial charge on any atom is 0.337 e. The summed E-state index contributed by atoms with van der Waals surface area (Å²) in [6.45, 7) is 0.590. The van der Waals surface area contributed by atoms with Crippen LogP contribution in [0.5, 0.6) is 0 Å². The second-order valence-electron chi connectivity index (χ2n) is 3.65. The van der Waals surface area contributed by atoms with Crippen LogP contribution in [0.1, 0.15) is 16.1 Å². The monoisotopic (exact) mass is 232 g/mol. The summed E-state index contributed by atoms with van der Waals surface area (Å²) >= 11 is 0. The number of rotatable bonds is 4. The number of nitrogens with zero attached hydrogens (tertiary/aromatic N) is 2. The fourth-order valence-corrected chi connectivity index (χ4v) is 1.46. The average molecular weight is 232 g/mol. The molecule has 88 valence electrons. The summed E-state index contributed by atoms with van der Waals surface area (Å²) in [6, 6.07) is 6.90. The molecule has 17 heavy (non-hydrogen) atoms. The molecule has 5 heteroatoms. The number of hydrogen-bond donors (Lipinski definition) is 1. The summed E-state index contributed by atoms with van der Waals surface area (Å²) < 4.78 is 5.22. The van der Waals surface area contributed by atoms with Crippen LogP contribution >= 0.6 is 0 Å². The minimum absolute atomic E-state index is 0.181. The Kier molecular flexibility index (Phi) is 3.09. The standard InChI is InChI=1S/C12H12N2O3/c1-14(8-10-3-2-6-17-10)11-5-4-9(7-13-11)12(15)16/h2-7H,8H2,1H3,(H,15,16). The summed E-state index contributed by atoms with van der Waals surface area (Å²) in [5, 5.41) is 8.75. The van der Waals surface area contributed by atoms with Crippen LogP contribution in [0.15, 0.2) is 41.1 Å². The molecule has 0 amide bonds. The normalized spacial score (nSPS) is 10.2. The third-order valence-corrected chi connectivity index (χ3v) is 2.36. The van der Waals surface area contributed by atoms with Gasteiger partial charge in [-0.25, -0.2) is 9.78 Å². The van der Waals surface area contributed by atoms with Crippen molar-refractivity contribution in [3.63, 3.8) is 0 Å². The van der Waals surface area contributed by atoms with Gasteiger partial charge < -0.3 is 14.4 Å². The predicted octanol–water partition coefficient (Wildman–Crippen LogP) is 2.01. The largest absolute Gasteiger partial charge is 0.478 e. The Morgan fingerprint density at radius 3 is 2.82 bits per heavy atom. The molecular weight excluding hydrogens is 220 g/mol. The van der Waals surface area contributed by atoms with Gasteiger partial charge in [-0.3, -0.25) is 0 Å². The average Bonchev–Trinajstić information content (AvgIpc) is 2.82. The van der Waals surface area contributed by atoms with Crippen molar-refractivity contribution in [1.82, 2.24) is 4.98 Å². The van der Waals surface area contributed by atoms with Gasteiger partial charge in [0.15, 0.2) is 0 Å². The van der Waals surface area contributed by atoms with Gasteiger partial charge in [-0.1, -0.05) is 0 Å². The Labute approximate surface area is 98.3 Å². The van der Waals surface area contributed by atoms with Crippen LogP contribution in [-0.4, -0.2) is 23.1 Å². The molecule has 2 heterocycles. The van der Waals surface area contributed by atoms with Crippen LogP contribution in [0.25, 0.3) is 0 Å². The van der Waals surface area contributed by atoms with Gasteiger partial charge in [0.25, 0.3) is 0 Å². The number of aromatic carboxylic acids is 1. The summed E-state index contributed by atoms with van der Waals surface area (Å²) in [7, 11) is 1.87. The first-order valence-electron chi connectivity index (χ1n) is 5.09. The molecule has 0 aliphatic carbocycles. The smallest absolute Gasteiger partial charge is 0.337 e. The van der Waals surface area contributed by atoms with E-state index in [1.165, 1.54) is 12.3 Å². The Balaban J connectivity index is 2.09. The second kappa shape index (κ2) is 4.69. The van der Waals surface area contributed by atoms with Gasteiger partial charge in [0.1, 0.15) is 11.6 Å². The molecule has 1 N–H and O–H groups in total. The molecule has 2 aromatic rings. The molecule has 0 fully saturated rings. The Bertz CT molecular complexity index is 491. The third-order valence-electron chi connectivity index (χ3n) is 2.36. The van der Waals surface area contributed by atoms with Crippen LogP contribution in [0.4, 0.5) is 5.82 Å². The summed E-state index contributed by atoms with van der Waals surface area (Å²) in [5.74, 6) is 0.556. The molecular formula is C12H12N2O3. The Hall–Kier alpha value is -2.30. The van der Waals surface area contributed by atoms with E-state index in [1.807, 2.05) is 24.1 Å². The zero-order valence-electron chi connectivity index (χ0n) is 9.33. The number of hydrogen-bond acceptors (Lipinski definition) is 4. The molecule has 0 aliphatic rings. The van der Waals surface area contributed by atoms with Crippen LogP contribution in [-0.2, 0) is 6.54 Å². The number of carboxylic acids is 1. The van der Waals surface area contributed by atoms with Gasteiger partial charge in [0.05, 0.1) is 18.4 Å². The van der Waals surface area contributed by atoms with Crippen LogP contribution < -0.4 is 4.90 Å². The molecule has 2 aromatic heterocycles. The lowest BCUT2D eigenvalue weighted by molar-refractivity contribution is 0.0696. The third kappa shape index (κ3) is 2.63. The first-order valence-corrected chi connectivity index (χ1v) is 5.09. The summed E-state index contributed by atoms with van der Waals surface area (Å²) in [5.41, 5.74) is 0.181. The highest BCUT2D eigenvalue weighted by Crippen LogP contribution is 2.13. The molecule has 2 rings (SSSR count). The molecule has 0 radical (unpaired) electrons.